The fraction of sp³-hybridized carbons (Fsp3) is 0.273. The lowest BCUT2D eigenvalue weighted by Gasteiger charge is -2.21. The van der Waals surface area contributed by atoms with E-state index in [0.29, 0.717) is 5.02 Å². The van der Waals surface area contributed by atoms with Gasteiger partial charge in [0.05, 0.1) is 6.04 Å². The highest BCUT2D eigenvalue weighted by Crippen LogP contribution is 2.21. The minimum absolute atomic E-state index is 0.0141. The zero-order chi connectivity index (χ0) is 11.5. The lowest BCUT2D eigenvalue weighted by Crippen LogP contribution is -2.30. The van der Waals surface area contributed by atoms with Crippen molar-refractivity contribution in [2.75, 3.05) is 0 Å². The van der Waals surface area contributed by atoms with Crippen LogP contribution >= 0.6 is 11.6 Å². The molecule has 0 aliphatic rings. The van der Waals surface area contributed by atoms with Crippen molar-refractivity contribution in [1.29, 1.82) is 0 Å². The van der Waals surface area contributed by atoms with Crippen molar-refractivity contribution in [3.05, 3.63) is 47.5 Å². The van der Waals surface area contributed by atoms with Gasteiger partial charge in [-0.3, -0.25) is 0 Å². The summed E-state index contributed by atoms with van der Waals surface area (Å²) in [6, 6.07) is 7.55. The van der Waals surface area contributed by atoms with Gasteiger partial charge in [-0.15, -0.1) is 0 Å². The Balaban J connectivity index is 2.37. The van der Waals surface area contributed by atoms with Gasteiger partial charge in [0, 0.05) is 11.1 Å². The van der Waals surface area contributed by atoms with Gasteiger partial charge < -0.3 is 5.73 Å². The molecule has 2 unspecified atom stereocenters. The Hall–Kier alpha value is -1.39. The van der Waals surface area contributed by atoms with Gasteiger partial charge in [0.25, 0.3) is 0 Å². The summed E-state index contributed by atoms with van der Waals surface area (Å²) in [7, 11) is 0. The van der Waals surface area contributed by atoms with Crippen LogP contribution in [-0.2, 0) is 0 Å². The second-order valence-corrected chi connectivity index (χ2v) is 4.17. The molecule has 5 heteroatoms. The van der Waals surface area contributed by atoms with Gasteiger partial charge >= 0.3 is 0 Å². The molecule has 2 N–H and O–H groups in total. The maximum Gasteiger partial charge on any atom is 0.137 e. The molecular weight excluding hydrogens is 224 g/mol. The van der Waals surface area contributed by atoms with E-state index in [4.69, 9.17) is 17.3 Å². The summed E-state index contributed by atoms with van der Waals surface area (Å²) in [5, 5.41) is 4.84. The summed E-state index contributed by atoms with van der Waals surface area (Å²) in [5.74, 6) is 0. The summed E-state index contributed by atoms with van der Waals surface area (Å²) in [5.41, 5.74) is 7.05. The molecule has 0 spiro atoms. The van der Waals surface area contributed by atoms with Gasteiger partial charge in [0.2, 0.25) is 0 Å². The smallest absolute Gasteiger partial charge is 0.137 e. The van der Waals surface area contributed by atoms with Crippen LogP contribution in [0, 0.1) is 0 Å². The molecule has 84 valence electrons. The molecule has 0 amide bonds. The molecule has 0 aliphatic carbocycles. The average Bonchev–Trinajstić information content (AvgIpc) is 2.74. The molecule has 0 saturated heterocycles. The van der Waals surface area contributed by atoms with Crippen molar-refractivity contribution < 1.29 is 0 Å². The monoisotopic (exact) mass is 236 g/mol. The van der Waals surface area contributed by atoms with Crippen molar-refractivity contribution in [3.8, 4) is 0 Å². The lowest BCUT2D eigenvalue weighted by atomic mass is 10.0. The third-order valence-electron chi connectivity index (χ3n) is 2.43. The van der Waals surface area contributed by atoms with Crippen LogP contribution in [0.1, 0.15) is 18.5 Å². The third kappa shape index (κ3) is 2.23. The van der Waals surface area contributed by atoms with Crippen LogP contribution in [0.5, 0.6) is 0 Å². The van der Waals surface area contributed by atoms with E-state index in [1.54, 1.807) is 11.0 Å². The number of benzene rings is 1. The Morgan fingerprint density at radius 3 is 2.50 bits per heavy atom. The van der Waals surface area contributed by atoms with Crippen LogP contribution < -0.4 is 5.73 Å². The molecule has 0 aliphatic heterocycles. The molecule has 2 rings (SSSR count). The van der Waals surface area contributed by atoms with Gasteiger partial charge in [-0.05, 0) is 24.6 Å². The predicted octanol–water partition coefficient (Wildman–Crippen LogP) is 1.87. The van der Waals surface area contributed by atoms with E-state index in [9.17, 15) is 0 Å². The van der Waals surface area contributed by atoms with E-state index in [-0.39, 0.29) is 12.1 Å². The highest BCUT2D eigenvalue weighted by atomic mass is 35.5. The number of nitrogens with two attached hydrogens (primary N) is 1. The second kappa shape index (κ2) is 4.63. The third-order valence-corrected chi connectivity index (χ3v) is 2.68. The maximum absolute atomic E-state index is 5.98. The fourth-order valence-electron chi connectivity index (χ4n) is 1.72. The molecule has 0 saturated carbocycles. The molecule has 1 aromatic heterocycles. The Labute approximate surface area is 99.1 Å². The first-order valence-corrected chi connectivity index (χ1v) is 5.41. The van der Waals surface area contributed by atoms with E-state index >= 15 is 0 Å². The summed E-state index contributed by atoms with van der Waals surface area (Å²) in [6.45, 7) is 1.95. The van der Waals surface area contributed by atoms with Gasteiger partial charge in [-0.1, -0.05) is 23.7 Å². The van der Waals surface area contributed by atoms with Crippen molar-refractivity contribution in [2.45, 2.75) is 19.0 Å². The number of nitrogens with zero attached hydrogens (tertiary/aromatic N) is 3. The minimum Gasteiger partial charge on any atom is -0.326 e. The van der Waals surface area contributed by atoms with E-state index in [0.717, 1.165) is 5.56 Å². The summed E-state index contributed by atoms with van der Waals surface area (Å²) >= 11 is 5.85. The topological polar surface area (TPSA) is 56.7 Å². The van der Waals surface area contributed by atoms with Crippen LogP contribution in [0.25, 0.3) is 0 Å². The minimum atomic E-state index is -0.0529. The number of aromatic nitrogens is 3. The second-order valence-electron chi connectivity index (χ2n) is 3.73. The SMILES string of the molecule is CC(N)C(c1ccc(Cl)cc1)n1cncn1. The average molecular weight is 237 g/mol. The van der Waals surface area contributed by atoms with Crippen molar-refractivity contribution in [2.24, 2.45) is 5.73 Å². The fourth-order valence-corrected chi connectivity index (χ4v) is 1.84. The van der Waals surface area contributed by atoms with E-state index in [1.807, 2.05) is 31.2 Å². The van der Waals surface area contributed by atoms with Crippen LogP contribution in [0.3, 0.4) is 0 Å². The molecule has 16 heavy (non-hydrogen) atoms. The predicted molar refractivity (Wildman–Crippen MR) is 63.3 cm³/mol. The molecular formula is C11H13ClN4. The zero-order valence-electron chi connectivity index (χ0n) is 8.92. The van der Waals surface area contributed by atoms with E-state index in [2.05, 4.69) is 10.1 Å². The lowest BCUT2D eigenvalue weighted by molar-refractivity contribution is 0.453. The highest BCUT2D eigenvalue weighted by Gasteiger charge is 2.18. The van der Waals surface area contributed by atoms with Crippen molar-refractivity contribution >= 4 is 11.6 Å². The van der Waals surface area contributed by atoms with Crippen molar-refractivity contribution in [1.82, 2.24) is 14.8 Å². The first-order chi connectivity index (χ1) is 7.68. The summed E-state index contributed by atoms with van der Waals surface area (Å²) < 4.78 is 1.76. The van der Waals surface area contributed by atoms with Gasteiger partial charge in [0.15, 0.2) is 0 Å². The molecule has 4 nitrogen and oxygen atoms in total. The molecule has 0 bridgehead atoms. The molecule has 2 aromatic rings. The highest BCUT2D eigenvalue weighted by molar-refractivity contribution is 6.30. The molecule has 0 radical (unpaired) electrons. The Bertz CT molecular complexity index is 436. The Morgan fingerprint density at radius 2 is 2.00 bits per heavy atom. The van der Waals surface area contributed by atoms with E-state index < -0.39 is 0 Å². The molecule has 0 fully saturated rings. The standard InChI is InChI=1S/C11H13ClN4/c1-8(13)11(16-7-14-6-15-16)9-2-4-10(12)5-3-9/h2-8,11H,13H2,1H3. The summed E-state index contributed by atoms with van der Waals surface area (Å²) in [4.78, 5) is 3.94. The van der Waals surface area contributed by atoms with Gasteiger partial charge in [0.1, 0.15) is 12.7 Å². The quantitative estimate of drug-likeness (QED) is 0.885. The molecule has 2 atom stereocenters. The van der Waals surface area contributed by atoms with Crippen LogP contribution in [0.2, 0.25) is 5.02 Å². The molecule has 1 heterocycles. The first kappa shape index (κ1) is 11.1. The van der Waals surface area contributed by atoms with Crippen LogP contribution in [0.4, 0.5) is 0 Å². The Morgan fingerprint density at radius 1 is 1.31 bits per heavy atom. The number of halogens is 1. The normalized spacial score (nSPS) is 14.7. The number of hydrogen-bond acceptors (Lipinski definition) is 3. The molecule has 1 aromatic carbocycles. The van der Waals surface area contributed by atoms with E-state index in [1.165, 1.54) is 6.33 Å². The zero-order valence-corrected chi connectivity index (χ0v) is 9.67. The van der Waals surface area contributed by atoms with Gasteiger partial charge in [-0.25, -0.2) is 9.67 Å². The van der Waals surface area contributed by atoms with Crippen molar-refractivity contribution in [3.63, 3.8) is 0 Å². The first-order valence-electron chi connectivity index (χ1n) is 5.03. The van der Waals surface area contributed by atoms with Crippen LogP contribution in [-0.4, -0.2) is 20.8 Å². The number of rotatable bonds is 3. The van der Waals surface area contributed by atoms with Gasteiger partial charge in [-0.2, -0.15) is 5.10 Å². The summed E-state index contributed by atoms with van der Waals surface area (Å²) in [6.07, 6.45) is 3.17. The van der Waals surface area contributed by atoms with Crippen LogP contribution in [0.15, 0.2) is 36.9 Å². The maximum atomic E-state index is 5.98. The Kier molecular flexibility index (Phi) is 3.22. The number of hydrogen-bond donors (Lipinski definition) is 1. The largest absolute Gasteiger partial charge is 0.326 e.